The largest absolute Gasteiger partial charge is 0.381 e. The molecule has 1 N–H and O–H groups in total. The number of hydrogen-bond donors (Lipinski definition) is 1. The summed E-state index contributed by atoms with van der Waals surface area (Å²) in [6, 6.07) is 5.16. The summed E-state index contributed by atoms with van der Waals surface area (Å²) in [6.07, 6.45) is 2.77. The van der Waals surface area contributed by atoms with Gasteiger partial charge in [-0.1, -0.05) is 18.5 Å². The third kappa shape index (κ3) is 4.16. The molecular weight excluding hydrogens is 265 g/mol. The number of halogens is 2. The Hall–Kier alpha value is -0.640. The van der Waals surface area contributed by atoms with E-state index in [1.54, 1.807) is 12.1 Å². The molecule has 1 saturated heterocycles. The predicted molar refractivity (Wildman–Crippen MR) is 76.1 cm³/mol. The van der Waals surface area contributed by atoms with Crippen LogP contribution in [0.4, 0.5) is 4.39 Å². The van der Waals surface area contributed by atoms with Gasteiger partial charge in [0.25, 0.3) is 0 Å². The molecule has 1 heterocycles. The van der Waals surface area contributed by atoms with Gasteiger partial charge in [-0.05, 0) is 49.6 Å². The molecule has 1 aliphatic rings. The number of hydrogen-bond acceptors (Lipinski definition) is 2. The summed E-state index contributed by atoms with van der Waals surface area (Å²) in [5.74, 6) is 0.137. The number of rotatable bonds is 5. The summed E-state index contributed by atoms with van der Waals surface area (Å²) in [5.41, 5.74) is 0.686. The zero-order valence-corrected chi connectivity index (χ0v) is 12.0. The molecule has 0 spiro atoms. The SMILES string of the molecule is CCCNC1CCOCC1Cc1cc(Cl)ccc1F. The third-order valence-corrected chi connectivity index (χ3v) is 3.86. The summed E-state index contributed by atoms with van der Waals surface area (Å²) >= 11 is 5.94. The lowest BCUT2D eigenvalue weighted by atomic mass is 9.89. The van der Waals surface area contributed by atoms with Gasteiger partial charge in [-0.2, -0.15) is 0 Å². The fourth-order valence-electron chi connectivity index (χ4n) is 2.58. The molecule has 0 saturated carbocycles. The first-order valence-electron chi connectivity index (χ1n) is 6.95. The molecule has 2 unspecified atom stereocenters. The van der Waals surface area contributed by atoms with Crippen molar-refractivity contribution in [2.75, 3.05) is 19.8 Å². The third-order valence-electron chi connectivity index (χ3n) is 3.62. The Morgan fingerprint density at radius 3 is 3.11 bits per heavy atom. The van der Waals surface area contributed by atoms with Gasteiger partial charge < -0.3 is 10.1 Å². The number of nitrogens with one attached hydrogen (secondary N) is 1. The van der Waals surface area contributed by atoms with E-state index < -0.39 is 0 Å². The van der Waals surface area contributed by atoms with Crippen molar-refractivity contribution in [3.8, 4) is 0 Å². The van der Waals surface area contributed by atoms with Gasteiger partial charge in [0, 0.05) is 23.6 Å². The van der Waals surface area contributed by atoms with Crippen molar-refractivity contribution in [1.29, 1.82) is 0 Å². The van der Waals surface area contributed by atoms with Crippen molar-refractivity contribution in [3.63, 3.8) is 0 Å². The molecule has 0 amide bonds. The van der Waals surface area contributed by atoms with Gasteiger partial charge in [-0.15, -0.1) is 0 Å². The second kappa shape index (κ2) is 7.22. The first-order chi connectivity index (χ1) is 9.20. The summed E-state index contributed by atoms with van der Waals surface area (Å²) in [7, 11) is 0. The first-order valence-corrected chi connectivity index (χ1v) is 7.33. The average Bonchev–Trinajstić information content (AvgIpc) is 2.42. The zero-order valence-electron chi connectivity index (χ0n) is 11.3. The number of benzene rings is 1. The molecule has 0 bridgehead atoms. The Morgan fingerprint density at radius 2 is 2.32 bits per heavy atom. The minimum atomic E-state index is -0.177. The lowest BCUT2D eigenvalue weighted by Crippen LogP contribution is -2.44. The van der Waals surface area contributed by atoms with Crippen molar-refractivity contribution < 1.29 is 9.13 Å². The Kier molecular flexibility index (Phi) is 5.61. The maximum absolute atomic E-state index is 13.8. The molecule has 2 nitrogen and oxygen atoms in total. The molecule has 0 radical (unpaired) electrons. The lowest BCUT2D eigenvalue weighted by Gasteiger charge is -2.32. The van der Waals surface area contributed by atoms with E-state index in [9.17, 15) is 4.39 Å². The van der Waals surface area contributed by atoms with E-state index in [4.69, 9.17) is 16.3 Å². The maximum atomic E-state index is 13.8. The molecule has 2 atom stereocenters. The van der Waals surface area contributed by atoms with Crippen LogP contribution in [0.1, 0.15) is 25.3 Å². The van der Waals surface area contributed by atoms with Gasteiger partial charge in [0.05, 0.1) is 6.61 Å². The van der Waals surface area contributed by atoms with Gasteiger partial charge in [0.15, 0.2) is 0 Å². The van der Waals surface area contributed by atoms with Crippen LogP contribution in [-0.2, 0) is 11.2 Å². The molecule has 1 aliphatic heterocycles. The van der Waals surface area contributed by atoms with Crippen LogP contribution in [0.15, 0.2) is 18.2 Å². The highest BCUT2D eigenvalue weighted by atomic mass is 35.5. The second-order valence-electron chi connectivity index (χ2n) is 5.12. The Morgan fingerprint density at radius 1 is 1.47 bits per heavy atom. The van der Waals surface area contributed by atoms with Crippen molar-refractivity contribution in [3.05, 3.63) is 34.6 Å². The van der Waals surface area contributed by atoms with Gasteiger partial charge in [0.1, 0.15) is 5.82 Å². The van der Waals surface area contributed by atoms with Crippen molar-refractivity contribution in [2.24, 2.45) is 5.92 Å². The van der Waals surface area contributed by atoms with E-state index in [-0.39, 0.29) is 5.82 Å². The van der Waals surface area contributed by atoms with E-state index >= 15 is 0 Å². The molecule has 1 aromatic rings. The van der Waals surface area contributed by atoms with E-state index in [2.05, 4.69) is 12.2 Å². The standard InChI is InChI=1S/C15H21ClFNO/c1-2-6-18-15-5-7-19-10-12(15)8-11-9-13(16)3-4-14(11)17/h3-4,9,12,15,18H,2,5-8,10H2,1H3. The van der Waals surface area contributed by atoms with E-state index in [0.29, 0.717) is 35.6 Å². The minimum absolute atomic E-state index is 0.177. The van der Waals surface area contributed by atoms with Crippen LogP contribution in [-0.4, -0.2) is 25.8 Å². The Bertz CT molecular complexity index is 413. The minimum Gasteiger partial charge on any atom is -0.381 e. The Balaban J connectivity index is 2.04. The van der Waals surface area contributed by atoms with Gasteiger partial charge in [-0.25, -0.2) is 4.39 Å². The highest BCUT2D eigenvalue weighted by Crippen LogP contribution is 2.23. The van der Waals surface area contributed by atoms with Crippen molar-refractivity contribution >= 4 is 11.6 Å². The quantitative estimate of drug-likeness (QED) is 0.895. The molecule has 1 aromatic carbocycles. The van der Waals surface area contributed by atoms with Crippen LogP contribution >= 0.6 is 11.6 Å². The first kappa shape index (κ1) is 14.8. The maximum Gasteiger partial charge on any atom is 0.126 e. The van der Waals surface area contributed by atoms with Crippen LogP contribution < -0.4 is 5.32 Å². The van der Waals surface area contributed by atoms with Crippen molar-refractivity contribution in [2.45, 2.75) is 32.2 Å². The van der Waals surface area contributed by atoms with Crippen LogP contribution in [0.5, 0.6) is 0 Å². The molecule has 4 heteroatoms. The molecule has 2 rings (SSSR count). The number of ether oxygens (including phenoxy) is 1. The zero-order chi connectivity index (χ0) is 13.7. The van der Waals surface area contributed by atoms with Crippen LogP contribution in [0.3, 0.4) is 0 Å². The van der Waals surface area contributed by atoms with Crippen LogP contribution in [0.2, 0.25) is 5.02 Å². The van der Waals surface area contributed by atoms with Crippen LogP contribution in [0, 0.1) is 11.7 Å². The van der Waals surface area contributed by atoms with E-state index in [0.717, 1.165) is 26.0 Å². The van der Waals surface area contributed by atoms with Gasteiger partial charge in [0.2, 0.25) is 0 Å². The fourth-order valence-corrected chi connectivity index (χ4v) is 2.77. The molecule has 0 aliphatic carbocycles. The van der Waals surface area contributed by atoms with Gasteiger partial charge in [-0.3, -0.25) is 0 Å². The lowest BCUT2D eigenvalue weighted by molar-refractivity contribution is 0.0320. The summed E-state index contributed by atoms with van der Waals surface area (Å²) in [4.78, 5) is 0. The molecule has 19 heavy (non-hydrogen) atoms. The van der Waals surface area contributed by atoms with Gasteiger partial charge >= 0.3 is 0 Å². The Labute approximate surface area is 119 Å². The summed E-state index contributed by atoms with van der Waals surface area (Å²) < 4.78 is 19.3. The monoisotopic (exact) mass is 285 g/mol. The van der Waals surface area contributed by atoms with Crippen molar-refractivity contribution in [1.82, 2.24) is 5.32 Å². The molecule has 0 aromatic heterocycles. The topological polar surface area (TPSA) is 21.3 Å². The molecular formula is C15H21ClFNO. The summed E-state index contributed by atoms with van der Waals surface area (Å²) in [5, 5.41) is 4.13. The van der Waals surface area contributed by atoms with Crippen LogP contribution in [0.25, 0.3) is 0 Å². The smallest absolute Gasteiger partial charge is 0.126 e. The summed E-state index contributed by atoms with van der Waals surface area (Å²) in [6.45, 7) is 4.63. The highest BCUT2D eigenvalue weighted by molar-refractivity contribution is 6.30. The molecule has 106 valence electrons. The van der Waals surface area contributed by atoms with E-state index in [1.165, 1.54) is 6.07 Å². The second-order valence-corrected chi connectivity index (χ2v) is 5.56. The average molecular weight is 286 g/mol. The fraction of sp³-hybridized carbons (Fsp3) is 0.600. The predicted octanol–water partition coefficient (Wildman–Crippen LogP) is 3.43. The normalized spacial score (nSPS) is 23.5. The molecule has 1 fully saturated rings. The highest BCUT2D eigenvalue weighted by Gasteiger charge is 2.26. The van der Waals surface area contributed by atoms with E-state index in [1.807, 2.05) is 0 Å².